The van der Waals surface area contributed by atoms with E-state index in [1.807, 2.05) is 85.5 Å². The summed E-state index contributed by atoms with van der Waals surface area (Å²) in [7, 11) is 0. The number of nitrogens with zero attached hydrogens (tertiary/aromatic N) is 2. The molecule has 6 aromatic carbocycles. The molecule has 1 aliphatic carbocycles. The summed E-state index contributed by atoms with van der Waals surface area (Å²) in [6, 6.07) is 28.6. The highest BCUT2D eigenvalue weighted by atomic mass is 19.1. The third-order valence-electron chi connectivity index (χ3n) is 8.51. The van der Waals surface area contributed by atoms with Gasteiger partial charge in [0.05, 0.1) is 22.7 Å². The highest BCUT2D eigenvalue weighted by Gasteiger charge is 2.27. The summed E-state index contributed by atoms with van der Waals surface area (Å²) >= 11 is 0. The van der Waals surface area contributed by atoms with E-state index in [-0.39, 0.29) is 11.4 Å². The van der Waals surface area contributed by atoms with Crippen LogP contribution in [0.5, 0.6) is 0 Å². The van der Waals surface area contributed by atoms with E-state index in [1.54, 1.807) is 23.1 Å². The Morgan fingerprint density at radius 2 is 1.27 bits per heavy atom. The van der Waals surface area contributed by atoms with Gasteiger partial charge in [-0.1, -0.05) is 75.5 Å². The van der Waals surface area contributed by atoms with Crippen LogP contribution in [0.25, 0.3) is 21.5 Å². The first kappa shape index (κ1) is 32.3. The van der Waals surface area contributed by atoms with Gasteiger partial charge in [-0.2, -0.15) is 0 Å². The van der Waals surface area contributed by atoms with Crippen LogP contribution in [0.3, 0.4) is 0 Å². The Morgan fingerprint density at radius 1 is 0.646 bits per heavy atom. The number of rotatable bonds is 8. The Labute approximate surface area is 278 Å². The van der Waals surface area contributed by atoms with Crippen molar-refractivity contribution < 1.29 is 17.6 Å². The molecule has 0 saturated carbocycles. The van der Waals surface area contributed by atoms with Gasteiger partial charge in [-0.15, -0.1) is 0 Å². The minimum atomic E-state index is -0.718. The van der Waals surface area contributed by atoms with E-state index in [0.717, 1.165) is 62.6 Å². The first-order chi connectivity index (χ1) is 23.4. The SMILES string of the molecule is C=C/C=C(\C=C)N(c1ccc(F)cc1F)c1ccc2c3c1ccc1ccc(N(c4ccccc4)c4ccc(F)cc4F)c(c13)CC2.CC. The van der Waals surface area contributed by atoms with Gasteiger partial charge in [0.1, 0.15) is 23.3 Å². The Hall–Kier alpha value is -5.62. The second kappa shape index (κ2) is 13.6. The molecule has 6 aromatic rings. The molecule has 0 bridgehead atoms. The minimum Gasteiger partial charge on any atom is -0.307 e. The van der Waals surface area contributed by atoms with Crippen LogP contribution in [0.4, 0.5) is 46.0 Å². The average Bonchev–Trinajstić information content (AvgIpc) is 3.11. The third-order valence-corrected chi connectivity index (χ3v) is 8.51. The predicted molar refractivity (Wildman–Crippen MR) is 192 cm³/mol. The third kappa shape index (κ3) is 5.64. The summed E-state index contributed by atoms with van der Waals surface area (Å²) in [5.41, 5.74) is 5.30. The van der Waals surface area contributed by atoms with Crippen LogP contribution < -0.4 is 9.80 Å². The second-order valence-electron chi connectivity index (χ2n) is 11.1. The van der Waals surface area contributed by atoms with Crippen molar-refractivity contribution in [2.24, 2.45) is 0 Å². The zero-order valence-electron chi connectivity index (χ0n) is 26.8. The quantitative estimate of drug-likeness (QED) is 0.0926. The molecule has 240 valence electrons. The molecule has 0 aromatic heterocycles. The summed E-state index contributed by atoms with van der Waals surface area (Å²) in [4.78, 5) is 3.55. The minimum absolute atomic E-state index is 0.164. The van der Waals surface area contributed by atoms with Gasteiger partial charge in [0.25, 0.3) is 0 Å². The highest BCUT2D eigenvalue weighted by molar-refractivity contribution is 6.17. The Bertz CT molecular complexity index is 2200. The van der Waals surface area contributed by atoms with Gasteiger partial charge in [-0.25, -0.2) is 17.6 Å². The number of hydrogen-bond acceptors (Lipinski definition) is 2. The molecule has 0 amide bonds. The summed E-state index contributed by atoms with van der Waals surface area (Å²) in [6.45, 7) is 11.8. The summed E-state index contributed by atoms with van der Waals surface area (Å²) in [5, 5.41) is 3.87. The van der Waals surface area contributed by atoms with Gasteiger partial charge in [-0.05, 0) is 101 Å². The fourth-order valence-corrected chi connectivity index (χ4v) is 6.58. The van der Waals surface area contributed by atoms with Crippen LogP contribution in [0, 0.1) is 23.3 Å². The lowest BCUT2D eigenvalue weighted by Crippen LogP contribution is -2.18. The maximum Gasteiger partial charge on any atom is 0.150 e. The van der Waals surface area contributed by atoms with Crippen LogP contribution >= 0.6 is 0 Å². The molecule has 0 atom stereocenters. The predicted octanol–water partition coefficient (Wildman–Crippen LogP) is 12.5. The molecule has 1 aliphatic rings. The topological polar surface area (TPSA) is 6.48 Å². The molecule has 2 nitrogen and oxygen atoms in total. The lowest BCUT2D eigenvalue weighted by Gasteiger charge is -2.32. The van der Waals surface area contributed by atoms with E-state index >= 15 is 8.78 Å². The standard InChI is InChI=1S/C40H28F4N2.C2H6/c1-3-8-29(4-2)45(37-21-15-27(41)23-33(37)43)35-19-13-25-12-18-32-36(20-14-26-11-17-31(35)39(25)40(26)32)46(30-9-6-5-7-10-30)38-22-16-28(42)24-34(38)44;1-2/h3-11,13-17,19-24H,1-2,12,18H2;1-2H3/b29-8+;. The van der Waals surface area contributed by atoms with Crippen LogP contribution in [-0.4, -0.2) is 0 Å². The zero-order chi connectivity index (χ0) is 33.9. The highest BCUT2D eigenvalue weighted by Crippen LogP contribution is 2.48. The van der Waals surface area contributed by atoms with Crippen molar-refractivity contribution in [3.63, 3.8) is 0 Å². The summed E-state index contributed by atoms with van der Waals surface area (Å²) in [6.07, 6.45) is 6.33. The number of hydrogen-bond donors (Lipinski definition) is 0. The van der Waals surface area contributed by atoms with Crippen molar-refractivity contribution in [2.45, 2.75) is 26.7 Å². The van der Waals surface area contributed by atoms with Crippen LogP contribution in [0.15, 0.2) is 140 Å². The Morgan fingerprint density at radius 3 is 1.92 bits per heavy atom. The van der Waals surface area contributed by atoms with Crippen molar-refractivity contribution in [2.75, 3.05) is 9.80 Å². The maximum atomic E-state index is 15.5. The smallest absolute Gasteiger partial charge is 0.150 e. The molecule has 6 heteroatoms. The van der Waals surface area contributed by atoms with E-state index < -0.39 is 23.3 Å². The van der Waals surface area contributed by atoms with Crippen molar-refractivity contribution in [1.29, 1.82) is 0 Å². The molecule has 0 heterocycles. The van der Waals surface area contributed by atoms with Crippen LogP contribution in [0.2, 0.25) is 0 Å². The number of benzene rings is 6. The zero-order valence-corrected chi connectivity index (χ0v) is 26.8. The van der Waals surface area contributed by atoms with Gasteiger partial charge >= 0.3 is 0 Å². The first-order valence-corrected chi connectivity index (χ1v) is 15.9. The number of aryl methyl sites for hydroxylation is 2. The summed E-state index contributed by atoms with van der Waals surface area (Å²) in [5.74, 6) is -2.71. The van der Waals surface area contributed by atoms with E-state index in [9.17, 15) is 8.78 Å². The number of halogens is 4. The fraction of sp³-hybridized carbons (Fsp3) is 0.0952. The second-order valence-corrected chi connectivity index (χ2v) is 11.1. The molecule has 0 N–H and O–H groups in total. The monoisotopic (exact) mass is 642 g/mol. The van der Waals surface area contributed by atoms with Gasteiger partial charge < -0.3 is 9.80 Å². The van der Waals surface area contributed by atoms with Crippen LogP contribution in [0.1, 0.15) is 25.0 Å². The Kier molecular flexibility index (Phi) is 9.17. The van der Waals surface area contributed by atoms with Crippen molar-refractivity contribution in [3.05, 3.63) is 175 Å². The van der Waals surface area contributed by atoms with Gasteiger partial charge in [0, 0.05) is 28.9 Å². The largest absolute Gasteiger partial charge is 0.307 e. The van der Waals surface area contributed by atoms with Crippen molar-refractivity contribution in [1.82, 2.24) is 0 Å². The van der Waals surface area contributed by atoms with Crippen molar-refractivity contribution >= 4 is 50.0 Å². The van der Waals surface area contributed by atoms with E-state index in [4.69, 9.17) is 0 Å². The average molecular weight is 643 g/mol. The van der Waals surface area contributed by atoms with E-state index in [1.165, 1.54) is 24.3 Å². The maximum absolute atomic E-state index is 15.5. The fourth-order valence-electron chi connectivity index (χ4n) is 6.58. The molecule has 0 aliphatic heterocycles. The number of para-hydroxylation sites is 1. The number of anilines is 5. The molecule has 0 fully saturated rings. The van der Waals surface area contributed by atoms with Gasteiger partial charge in [-0.3, -0.25) is 0 Å². The number of allylic oxidation sites excluding steroid dienone is 3. The van der Waals surface area contributed by atoms with Gasteiger partial charge in [0.15, 0.2) is 0 Å². The van der Waals surface area contributed by atoms with Crippen LogP contribution in [-0.2, 0) is 12.8 Å². The van der Waals surface area contributed by atoms with E-state index in [2.05, 4.69) is 13.2 Å². The van der Waals surface area contributed by atoms with Crippen molar-refractivity contribution in [3.8, 4) is 0 Å². The molecule has 0 unspecified atom stereocenters. The molecular weight excluding hydrogens is 608 g/mol. The Balaban J connectivity index is 0.00000197. The molecule has 0 spiro atoms. The van der Waals surface area contributed by atoms with E-state index in [0.29, 0.717) is 17.8 Å². The summed E-state index contributed by atoms with van der Waals surface area (Å²) < 4.78 is 58.9. The molecule has 0 saturated heterocycles. The van der Waals surface area contributed by atoms with Gasteiger partial charge in [0.2, 0.25) is 0 Å². The first-order valence-electron chi connectivity index (χ1n) is 15.9. The molecule has 7 rings (SSSR count). The molecular formula is C42H34F4N2. The lowest BCUT2D eigenvalue weighted by atomic mass is 9.84. The lowest BCUT2D eigenvalue weighted by molar-refractivity contribution is 0.583. The normalized spacial score (nSPS) is 12.1. The molecule has 0 radical (unpaired) electrons. The molecule has 48 heavy (non-hydrogen) atoms.